The number of aromatic nitrogens is 1. The molecule has 0 bridgehead atoms. The third-order valence-corrected chi connectivity index (χ3v) is 4.12. The average Bonchev–Trinajstić information content (AvgIpc) is 3.03. The summed E-state index contributed by atoms with van der Waals surface area (Å²) in [5.74, 6) is -1.33. The highest BCUT2D eigenvalue weighted by atomic mass is 35.5. The van der Waals surface area contributed by atoms with Crippen LogP contribution in [0.3, 0.4) is 0 Å². The molecule has 1 fully saturated rings. The summed E-state index contributed by atoms with van der Waals surface area (Å²) in [5.41, 5.74) is 0.616. The molecule has 0 saturated heterocycles. The van der Waals surface area contributed by atoms with Crippen LogP contribution in [-0.4, -0.2) is 16.0 Å². The molecule has 106 valence electrons. The normalized spacial score (nSPS) is 16.4. The second kappa shape index (κ2) is 4.38. The maximum Gasteiger partial charge on any atom is 0.226 e. The van der Waals surface area contributed by atoms with Crippen LogP contribution in [0.15, 0.2) is 12.1 Å². The van der Waals surface area contributed by atoms with Gasteiger partial charge in [0.1, 0.15) is 0 Å². The van der Waals surface area contributed by atoms with E-state index in [4.69, 9.17) is 11.6 Å². The first-order valence-corrected chi connectivity index (χ1v) is 6.75. The lowest BCUT2D eigenvalue weighted by Gasteiger charge is -2.08. The highest BCUT2D eigenvalue weighted by Gasteiger charge is 2.44. The van der Waals surface area contributed by atoms with E-state index in [1.54, 1.807) is 6.07 Å². The Morgan fingerprint density at radius 2 is 2.25 bits per heavy atom. The van der Waals surface area contributed by atoms with Crippen LogP contribution in [0.4, 0.5) is 4.39 Å². The van der Waals surface area contributed by atoms with Gasteiger partial charge in [0, 0.05) is 16.5 Å². The smallest absolute Gasteiger partial charge is 0.226 e. The summed E-state index contributed by atoms with van der Waals surface area (Å²) in [6.45, 7) is 2.21. The van der Waals surface area contributed by atoms with Crippen LogP contribution in [0.1, 0.15) is 25.5 Å². The number of hydrogen-bond donors (Lipinski definition) is 3. The van der Waals surface area contributed by atoms with Crippen molar-refractivity contribution in [2.24, 2.45) is 5.41 Å². The molecule has 1 aromatic heterocycles. The number of aromatic hydroxyl groups is 1. The van der Waals surface area contributed by atoms with Gasteiger partial charge in [-0.3, -0.25) is 4.79 Å². The lowest BCUT2D eigenvalue weighted by molar-refractivity contribution is -0.125. The van der Waals surface area contributed by atoms with E-state index >= 15 is 0 Å². The van der Waals surface area contributed by atoms with Gasteiger partial charge in [-0.25, -0.2) is 4.39 Å². The molecule has 6 heteroatoms. The molecule has 0 atom stereocenters. The highest BCUT2D eigenvalue weighted by molar-refractivity contribution is 6.32. The van der Waals surface area contributed by atoms with Crippen molar-refractivity contribution < 1.29 is 14.3 Å². The van der Waals surface area contributed by atoms with E-state index in [0.29, 0.717) is 17.6 Å². The quantitative estimate of drug-likeness (QED) is 0.815. The fraction of sp³-hybridized carbons (Fsp3) is 0.357. The number of halogens is 2. The molecule has 4 nitrogen and oxygen atoms in total. The molecule has 1 saturated carbocycles. The molecule has 0 radical (unpaired) electrons. The van der Waals surface area contributed by atoms with E-state index in [-0.39, 0.29) is 21.9 Å². The Morgan fingerprint density at radius 1 is 1.55 bits per heavy atom. The van der Waals surface area contributed by atoms with Gasteiger partial charge in [0.2, 0.25) is 5.91 Å². The minimum absolute atomic E-state index is 0.0116. The standard InChI is InChI=1S/C14H14ClFN2O2/c1-14(2-3-14)13(20)17-6-8-4-7-5-9(15)12(19)10(16)11(7)18-8/h4-5,18-19H,2-3,6H2,1H3,(H,17,20). The van der Waals surface area contributed by atoms with Gasteiger partial charge in [-0.2, -0.15) is 0 Å². The van der Waals surface area contributed by atoms with Crippen molar-refractivity contribution in [3.05, 3.63) is 28.7 Å². The summed E-state index contributed by atoms with van der Waals surface area (Å²) in [4.78, 5) is 14.7. The zero-order valence-electron chi connectivity index (χ0n) is 10.9. The topological polar surface area (TPSA) is 65.1 Å². The number of rotatable bonds is 3. The number of H-pyrrole nitrogens is 1. The van der Waals surface area contributed by atoms with E-state index in [2.05, 4.69) is 10.3 Å². The molecule has 1 aromatic carbocycles. The largest absolute Gasteiger partial charge is 0.504 e. The van der Waals surface area contributed by atoms with Crippen LogP contribution in [0.2, 0.25) is 5.02 Å². The second-order valence-corrected chi connectivity index (χ2v) is 5.93. The maximum atomic E-state index is 13.8. The fourth-order valence-electron chi connectivity index (χ4n) is 2.15. The Balaban J connectivity index is 1.83. The number of phenols is 1. The van der Waals surface area contributed by atoms with Crippen molar-refractivity contribution in [1.29, 1.82) is 0 Å². The van der Waals surface area contributed by atoms with Gasteiger partial charge in [0.05, 0.1) is 17.1 Å². The minimum Gasteiger partial charge on any atom is -0.504 e. The van der Waals surface area contributed by atoms with Crippen molar-refractivity contribution in [2.75, 3.05) is 0 Å². The van der Waals surface area contributed by atoms with E-state index in [1.807, 2.05) is 6.92 Å². The fourth-order valence-corrected chi connectivity index (χ4v) is 2.35. The van der Waals surface area contributed by atoms with Crippen molar-refractivity contribution >= 4 is 28.4 Å². The summed E-state index contributed by atoms with van der Waals surface area (Å²) in [5, 5.41) is 12.8. The lowest BCUT2D eigenvalue weighted by Crippen LogP contribution is -2.29. The summed E-state index contributed by atoms with van der Waals surface area (Å²) < 4.78 is 13.8. The number of carbonyl (C=O) groups is 1. The van der Waals surface area contributed by atoms with Gasteiger partial charge in [0.25, 0.3) is 0 Å². The zero-order chi connectivity index (χ0) is 14.5. The monoisotopic (exact) mass is 296 g/mol. The zero-order valence-corrected chi connectivity index (χ0v) is 11.6. The molecule has 0 spiro atoms. The van der Waals surface area contributed by atoms with E-state index in [1.165, 1.54) is 6.07 Å². The minimum atomic E-state index is -0.778. The summed E-state index contributed by atoms with van der Waals surface area (Å²) in [6, 6.07) is 3.19. The van der Waals surface area contributed by atoms with Crippen molar-refractivity contribution in [2.45, 2.75) is 26.3 Å². The Morgan fingerprint density at radius 3 is 2.90 bits per heavy atom. The molecule has 1 heterocycles. The third kappa shape index (κ3) is 2.12. The Labute approximate surface area is 119 Å². The van der Waals surface area contributed by atoms with Crippen molar-refractivity contribution in [3.8, 4) is 5.75 Å². The first-order chi connectivity index (χ1) is 9.40. The molecule has 1 amide bonds. The SMILES string of the molecule is CC1(C(=O)NCc2cc3cc(Cl)c(O)c(F)c3[nH]2)CC1. The molecule has 3 N–H and O–H groups in total. The number of phenolic OH excluding ortho intramolecular Hbond substituents is 1. The first-order valence-electron chi connectivity index (χ1n) is 6.37. The van der Waals surface area contributed by atoms with Crippen LogP contribution >= 0.6 is 11.6 Å². The van der Waals surface area contributed by atoms with Crippen LogP contribution < -0.4 is 5.32 Å². The maximum absolute atomic E-state index is 13.8. The van der Waals surface area contributed by atoms with Gasteiger partial charge in [0.15, 0.2) is 11.6 Å². The molecule has 20 heavy (non-hydrogen) atoms. The van der Waals surface area contributed by atoms with Crippen LogP contribution in [0.25, 0.3) is 10.9 Å². The van der Waals surface area contributed by atoms with E-state index < -0.39 is 11.6 Å². The van der Waals surface area contributed by atoms with Gasteiger partial charge >= 0.3 is 0 Å². The number of aromatic amines is 1. The Kier molecular flexibility index (Phi) is 2.90. The van der Waals surface area contributed by atoms with Gasteiger partial charge in [-0.05, 0) is 25.0 Å². The summed E-state index contributed by atoms with van der Waals surface area (Å²) in [6.07, 6.45) is 1.81. The van der Waals surface area contributed by atoms with Gasteiger partial charge in [-0.1, -0.05) is 18.5 Å². The molecular weight excluding hydrogens is 283 g/mol. The highest BCUT2D eigenvalue weighted by Crippen LogP contribution is 2.45. The van der Waals surface area contributed by atoms with E-state index in [0.717, 1.165) is 12.8 Å². The molecule has 0 aliphatic heterocycles. The molecule has 2 aromatic rings. The number of fused-ring (bicyclic) bond motifs is 1. The number of benzene rings is 1. The number of hydrogen-bond acceptors (Lipinski definition) is 2. The van der Waals surface area contributed by atoms with E-state index in [9.17, 15) is 14.3 Å². The molecular formula is C14H14ClFN2O2. The summed E-state index contributed by atoms with van der Waals surface area (Å²) >= 11 is 5.72. The third-order valence-electron chi connectivity index (χ3n) is 3.83. The van der Waals surface area contributed by atoms with Crippen molar-refractivity contribution in [1.82, 2.24) is 10.3 Å². The van der Waals surface area contributed by atoms with Crippen molar-refractivity contribution in [3.63, 3.8) is 0 Å². The van der Waals surface area contributed by atoms with Crippen LogP contribution in [0, 0.1) is 11.2 Å². The second-order valence-electron chi connectivity index (χ2n) is 5.52. The molecule has 0 unspecified atom stereocenters. The molecule has 1 aliphatic rings. The average molecular weight is 297 g/mol. The van der Waals surface area contributed by atoms with Crippen LogP contribution in [-0.2, 0) is 11.3 Å². The van der Waals surface area contributed by atoms with Crippen LogP contribution in [0.5, 0.6) is 5.75 Å². The predicted octanol–water partition coefficient (Wildman–Crippen LogP) is 3.08. The lowest BCUT2D eigenvalue weighted by atomic mass is 10.1. The predicted molar refractivity (Wildman–Crippen MR) is 74.1 cm³/mol. The number of amides is 1. The molecule has 1 aliphatic carbocycles. The Hall–Kier alpha value is -1.75. The molecule has 3 rings (SSSR count). The van der Waals surface area contributed by atoms with Gasteiger partial charge < -0.3 is 15.4 Å². The number of nitrogens with one attached hydrogen (secondary N) is 2. The Bertz CT molecular complexity index is 707. The van der Waals surface area contributed by atoms with Gasteiger partial charge in [-0.15, -0.1) is 0 Å². The number of carbonyl (C=O) groups excluding carboxylic acids is 1. The summed E-state index contributed by atoms with van der Waals surface area (Å²) in [7, 11) is 0. The first kappa shape index (κ1) is 13.2.